The van der Waals surface area contributed by atoms with Gasteiger partial charge in [0.15, 0.2) is 0 Å². The number of benzene rings is 1. The topological polar surface area (TPSA) is 47.6 Å². The predicted octanol–water partition coefficient (Wildman–Crippen LogP) is 3.29. The van der Waals surface area contributed by atoms with Crippen molar-refractivity contribution < 1.29 is 0 Å². The summed E-state index contributed by atoms with van der Waals surface area (Å²) < 4.78 is 0. The first-order valence-electron chi connectivity index (χ1n) is 5.78. The minimum atomic E-state index is -0.180. The lowest BCUT2D eigenvalue weighted by molar-refractivity contribution is 0.536. The van der Waals surface area contributed by atoms with Crippen molar-refractivity contribution >= 4 is 5.71 Å². The van der Waals surface area contributed by atoms with Crippen molar-refractivity contribution in [1.82, 2.24) is 0 Å². The average molecular weight is 212 g/mol. The zero-order valence-electron chi connectivity index (χ0n) is 9.53. The molecule has 1 saturated carbocycles. The molecule has 2 heteroatoms. The first kappa shape index (κ1) is 10.9. The zero-order valence-corrected chi connectivity index (χ0v) is 9.53. The van der Waals surface area contributed by atoms with Crippen LogP contribution in [0.5, 0.6) is 0 Å². The fourth-order valence-corrected chi connectivity index (χ4v) is 2.76. The molecular weight excluding hydrogens is 196 g/mol. The standard InChI is InChI=1S/C14H16N2/c1-2-14(12-6-4-3-5-7-12)9-8-11(10-15)13(14)16/h3-7,11,16H,2,8-9H2,1H3/t11-,14-/m1/s1. The summed E-state index contributed by atoms with van der Waals surface area (Å²) in [5, 5.41) is 17.2. The van der Waals surface area contributed by atoms with E-state index in [2.05, 4.69) is 25.1 Å². The maximum Gasteiger partial charge on any atom is 0.0848 e. The molecule has 1 N–H and O–H groups in total. The van der Waals surface area contributed by atoms with E-state index in [4.69, 9.17) is 10.7 Å². The van der Waals surface area contributed by atoms with Gasteiger partial charge in [-0.2, -0.15) is 5.26 Å². The second-order valence-corrected chi connectivity index (χ2v) is 4.44. The molecule has 16 heavy (non-hydrogen) atoms. The lowest BCUT2D eigenvalue weighted by Crippen LogP contribution is -2.31. The number of nitrogens with one attached hydrogen (secondary N) is 1. The molecule has 0 spiro atoms. The van der Waals surface area contributed by atoms with Gasteiger partial charge in [-0.25, -0.2) is 0 Å². The molecule has 2 atom stereocenters. The van der Waals surface area contributed by atoms with Gasteiger partial charge in [-0.1, -0.05) is 37.3 Å². The van der Waals surface area contributed by atoms with Gasteiger partial charge < -0.3 is 5.41 Å². The van der Waals surface area contributed by atoms with E-state index < -0.39 is 0 Å². The van der Waals surface area contributed by atoms with E-state index in [9.17, 15) is 0 Å². The van der Waals surface area contributed by atoms with Crippen LogP contribution in [0.4, 0.5) is 0 Å². The Balaban J connectivity index is 2.43. The summed E-state index contributed by atoms with van der Waals surface area (Å²) in [4.78, 5) is 0. The number of hydrogen-bond acceptors (Lipinski definition) is 2. The molecule has 0 aromatic heterocycles. The number of hydrogen-bond donors (Lipinski definition) is 1. The summed E-state index contributed by atoms with van der Waals surface area (Å²) >= 11 is 0. The molecule has 0 unspecified atom stereocenters. The third-order valence-corrected chi connectivity index (χ3v) is 3.81. The van der Waals surface area contributed by atoms with Crippen LogP contribution in [0.3, 0.4) is 0 Å². The highest BCUT2D eigenvalue weighted by molar-refractivity contribution is 5.97. The molecule has 1 aliphatic carbocycles. The molecule has 82 valence electrons. The summed E-state index contributed by atoms with van der Waals surface area (Å²) in [6.45, 7) is 2.11. The highest BCUT2D eigenvalue weighted by Crippen LogP contribution is 2.43. The largest absolute Gasteiger partial charge is 0.307 e. The molecule has 0 heterocycles. The van der Waals surface area contributed by atoms with Crippen LogP contribution in [0.25, 0.3) is 0 Å². The molecule has 2 nitrogen and oxygen atoms in total. The Morgan fingerprint density at radius 2 is 2.12 bits per heavy atom. The van der Waals surface area contributed by atoms with E-state index >= 15 is 0 Å². The van der Waals surface area contributed by atoms with Gasteiger partial charge in [0, 0.05) is 11.1 Å². The number of rotatable bonds is 2. The third kappa shape index (κ3) is 1.44. The SMILES string of the molecule is CC[C@]1(c2ccccc2)CC[C@H](C#N)C1=N. The molecule has 0 aliphatic heterocycles. The van der Waals surface area contributed by atoms with E-state index in [1.54, 1.807) is 0 Å². The highest BCUT2D eigenvalue weighted by atomic mass is 14.6. The fraction of sp³-hybridized carbons (Fsp3) is 0.429. The van der Waals surface area contributed by atoms with Gasteiger partial charge in [-0.05, 0) is 24.8 Å². The van der Waals surface area contributed by atoms with E-state index in [1.807, 2.05) is 18.2 Å². The Morgan fingerprint density at radius 1 is 1.44 bits per heavy atom. The van der Waals surface area contributed by atoms with Gasteiger partial charge in [0.2, 0.25) is 0 Å². The van der Waals surface area contributed by atoms with Crippen molar-refractivity contribution in [3.05, 3.63) is 35.9 Å². The molecule has 1 aromatic carbocycles. The van der Waals surface area contributed by atoms with Crippen LogP contribution >= 0.6 is 0 Å². The molecule has 1 aliphatic rings. The van der Waals surface area contributed by atoms with Crippen LogP contribution in [0, 0.1) is 22.7 Å². The average Bonchev–Trinajstić information content (AvgIpc) is 2.68. The molecule has 0 bridgehead atoms. The Labute approximate surface area is 96.4 Å². The Bertz CT molecular complexity index is 430. The second kappa shape index (κ2) is 4.09. The second-order valence-electron chi connectivity index (χ2n) is 4.44. The van der Waals surface area contributed by atoms with Crippen molar-refractivity contribution in [3.8, 4) is 6.07 Å². The number of nitrogens with zero attached hydrogens (tertiary/aromatic N) is 1. The van der Waals surface area contributed by atoms with Crippen molar-refractivity contribution in [1.29, 1.82) is 10.7 Å². The zero-order chi connectivity index (χ0) is 11.6. The van der Waals surface area contributed by atoms with Crippen LogP contribution in [0.1, 0.15) is 31.7 Å². The smallest absolute Gasteiger partial charge is 0.0848 e. The van der Waals surface area contributed by atoms with Crippen molar-refractivity contribution in [3.63, 3.8) is 0 Å². The molecule has 1 fully saturated rings. The Morgan fingerprint density at radius 3 is 2.62 bits per heavy atom. The molecule has 0 radical (unpaired) electrons. The quantitative estimate of drug-likeness (QED) is 0.803. The van der Waals surface area contributed by atoms with Gasteiger partial charge in [0.25, 0.3) is 0 Å². The van der Waals surface area contributed by atoms with Crippen LogP contribution < -0.4 is 0 Å². The van der Waals surface area contributed by atoms with Crippen LogP contribution in [-0.2, 0) is 5.41 Å². The van der Waals surface area contributed by atoms with Crippen LogP contribution in [-0.4, -0.2) is 5.71 Å². The first-order chi connectivity index (χ1) is 7.74. The predicted molar refractivity (Wildman–Crippen MR) is 64.5 cm³/mol. The summed E-state index contributed by atoms with van der Waals surface area (Å²) in [7, 11) is 0. The maximum atomic E-state index is 9.02. The maximum absolute atomic E-state index is 9.02. The lowest BCUT2D eigenvalue weighted by atomic mass is 9.75. The van der Waals surface area contributed by atoms with Gasteiger partial charge in [0.1, 0.15) is 0 Å². The normalized spacial score (nSPS) is 29.0. The summed E-state index contributed by atoms with van der Waals surface area (Å²) in [6.07, 6.45) is 2.68. The van der Waals surface area contributed by atoms with Gasteiger partial charge in [-0.3, -0.25) is 0 Å². The summed E-state index contributed by atoms with van der Waals surface area (Å²) in [5.74, 6) is -0.180. The van der Waals surface area contributed by atoms with E-state index in [1.165, 1.54) is 5.56 Å². The van der Waals surface area contributed by atoms with Crippen molar-refractivity contribution in [2.45, 2.75) is 31.6 Å². The van der Waals surface area contributed by atoms with Crippen LogP contribution in [0.2, 0.25) is 0 Å². The van der Waals surface area contributed by atoms with Crippen LogP contribution in [0.15, 0.2) is 30.3 Å². The summed E-state index contributed by atoms with van der Waals surface area (Å²) in [5.41, 5.74) is 1.63. The van der Waals surface area contributed by atoms with E-state index in [-0.39, 0.29) is 11.3 Å². The molecular formula is C14H16N2. The lowest BCUT2D eigenvalue weighted by Gasteiger charge is -2.28. The number of nitriles is 1. The fourth-order valence-electron chi connectivity index (χ4n) is 2.76. The molecule has 1 aromatic rings. The van der Waals surface area contributed by atoms with Gasteiger partial charge >= 0.3 is 0 Å². The summed E-state index contributed by atoms with van der Waals surface area (Å²) in [6, 6.07) is 12.4. The monoisotopic (exact) mass is 212 g/mol. The van der Waals surface area contributed by atoms with Gasteiger partial charge in [0.05, 0.1) is 12.0 Å². The van der Waals surface area contributed by atoms with E-state index in [0.29, 0.717) is 5.71 Å². The van der Waals surface area contributed by atoms with Gasteiger partial charge in [-0.15, -0.1) is 0 Å². The first-order valence-corrected chi connectivity index (χ1v) is 5.78. The Kier molecular flexibility index (Phi) is 2.78. The molecule has 0 saturated heterocycles. The molecule has 0 amide bonds. The minimum Gasteiger partial charge on any atom is -0.307 e. The third-order valence-electron chi connectivity index (χ3n) is 3.81. The molecule has 2 rings (SSSR count). The van der Waals surface area contributed by atoms with E-state index in [0.717, 1.165) is 19.3 Å². The van der Waals surface area contributed by atoms with Crippen molar-refractivity contribution in [2.75, 3.05) is 0 Å². The Hall–Kier alpha value is -1.62. The minimum absolute atomic E-state index is 0.179. The highest BCUT2D eigenvalue weighted by Gasteiger charge is 2.44. The van der Waals surface area contributed by atoms with Crippen molar-refractivity contribution in [2.24, 2.45) is 5.92 Å².